The van der Waals surface area contributed by atoms with Crippen molar-refractivity contribution in [3.63, 3.8) is 0 Å². The number of aromatic nitrogens is 1. The summed E-state index contributed by atoms with van der Waals surface area (Å²) >= 11 is 1.61. The molecule has 0 saturated carbocycles. The molecular formula is C15H13N3OS. The van der Waals surface area contributed by atoms with Crippen LogP contribution in [0.1, 0.15) is 10.4 Å². The maximum absolute atomic E-state index is 11.5. The van der Waals surface area contributed by atoms with Crippen molar-refractivity contribution < 1.29 is 4.79 Å². The zero-order valence-electron chi connectivity index (χ0n) is 10.9. The van der Waals surface area contributed by atoms with E-state index in [4.69, 9.17) is 0 Å². The van der Waals surface area contributed by atoms with Crippen LogP contribution >= 0.6 is 11.3 Å². The van der Waals surface area contributed by atoms with Gasteiger partial charge in [0.25, 0.3) is 5.91 Å². The Hall–Kier alpha value is -2.40. The maximum atomic E-state index is 11.5. The molecule has 0 spiro atoms. The highest BCUT2D eigenvalue weighted by Gasteiger charge is 2.05. The molecule has 2 aromatic carbocycles. The van der Waals surface area contributed by atoms with E-state index in [9.17, 15) is 4.79 Å². The molecule has 1 aromatic heterocycles. The molecule has 0 radical (unpaired) electrons. The molecular weight excluding hydrogens is 270 g/mol. The predicted molar refractivity (Wildman–Crippen MR) is 82.7 cm³/mol. The average molecular weight is 283 g/mol. The van der Waals surface area contributed by atoms with Crippen LogP contribution in [0, 0.1) is 0 Å². The number of hydrogen-bond donors (Lipinski definition) is 2. The second kappa shape index (κ2) is 5.30. The Kier molecular flexibility index (Phi) is 3.35. The molecule has 0 aliphatic carbocycles. The molecule has 5 heteroatoms. The monoisotopic (exact) mass is 283 g/mol. The number of amides is 1. The summed E-state index contributed by atoms with van der Waals surface area (Å²) in [6.45, 7) is 0. The average Bonchev–Trinajstić information content (AvgIpc) is 2.89. The van der Waals surface area contributed by atoms with Crippen molar-refractivity contribution in [1.29, 1.82) is 0 Å². The lowest BCUT2D eigenvalue weighted by Crippen LogP contribution is -2.17. The van der Waals surface area contributed by atoms with Gasteiger partial charge in [0.15, 0.2) is 5.13 Å². The summed E-state index contributed by atoms with van der Waals surface area (Å²) < 4.78 is 1.15. The third-order valence-corrected chi connectivity index (χ3v) is 3.87. The van der Waals surface area contributed by atoms with Gasteiger partial charge in [0.2, 0.25) is 0 Å². The third-order valence-electron chi connectivity index (χ3n) is 2.92. The summed E-state index contributed by atoms with van der Waals surface area (Å²) in [5.74, 6) is -0.0865. The van der Waals surface area contributed by atoms with Crippen LogP contribution in [-0.2, 0) is 0 Å². The van der Waals surface area contributed by atoms with E-state index in [1.165, 1.54) is 0 Å². The second-order valence-electron chi connectivity index (χ2n) is 4.27. The molecule has 0 fully saturated rings. The van der Waals surface area contributed by atoms with E-state index >= 15 is 0 Å². The Balaban J connectivity index is 1.82. The van der Waals surface area contributed by atoms with Gasteiger partial charge in [-0.1, -0.05) is 23.5 Å². The highest BCUT2D eigenvalue weighted by Crippen LogP contribution is 2.27. The van der Waals surface area contributed by atoms with Crippen molar-refractivity contribution in [1.82, 2.24) is 10.3 Å². The summed E-state index contributed by atoms with van der Waals surface area (Å²) in [7, 11) is 1.62. The molecule has 0 bridgehead atoms. The van der Waals surface area contributed by atoms with Crippen molar-refractivity contribution in [2.24, 2.45) is 0 Å². The Morgan fingerprint density at radius 1 is 1.10 bits per heavy atom. The third kappa shape index (κ3) is 2.48. The zero-order chi connectivity index (χ0) is 13.9. The summed E-state index contributed by atoms with van der Waals surface area (Å²) in [5.41, 5.74) is 2.54. The SMILES string of the molecule is CNC(=O)c1ccc(Nc2nc3ccccc3s2)cc1. The van der Waals surface area contributed by atoms with Gasteiger partial charge in [-0.25, -0.2) is 4.98 Å². The van der Waals surface area contributed by atoms with Crippen LogP contribution in [0.5, 0.6) is 0 Å². The van der Waals surface area contributed by atoms with Crippen molar-refractivity contribution in [2.75, 3.05) is 12.4 Å². The number of hydrogen-bond acceptors (Lipinski definition) is 4. The predicted octanol–water partition coefficient (Wildman–Crippen LogP) is 3.40. The van der Waals surface area contributed by atoms with Crippen LogP contribution in [0.25, 0.3) is 10.2 Å². The van der Waals surface area contributed by atoms with Gasteiger partial charge in [0, 0.05) is 18.3 Å². The topological polar surface area (TPSA) is 54.0 Å². The number of nitrogens with zero attached hydrogens (tertiary/aromatic N) is 1. The lowest BCUT2D eigenvalue weighted by molar-refractivity contribution is 0.0963. The molecule has 0 unspecified atom stereocenters. The van der Waals surface area contributed by atoms with E-state index in [0.717, 1.165) is 21.0 Å². The van der Waals surface area contributed by atoms with Crippen LogP contribution in [0.15, 0.2) is 48.5 Å². The summed E-state index contributed by atoms with van der Waals surface area (Å²) in [6, 6.07) is 15.3. The van der Waals surface area contributed by atoms with Gasteiger partial charge in [-0.3, -0.25) is 4.79 Å². The molecule has 2 N–H and O–H groups in total. The van der Waals surface area contributed by atoms with Gasteiger partial charge in [-0.15, -0.1) is 0 Å². The number of carbonyl (C=O) groups is 1. The lowest BCUT2D eigenvalue weighted by atomic mass is 10.2. The van der Waals surface area contributed by atoms with E-state index in [1.807, 2.05) is 36.4 Å². The molecule has 3 rings (SSSR count). The van der Waals surface area contributed by atoms with Gasteiger partial charge < -0.3 is 10.6 Å². The number of thiazole rings is 1. The minimum Gasteiger partial charge on any atom is -0.355 e. The van der Waals surface area contributed by atoms with Crippen molar-refractivity contribution in [3.8, 4) is 0 Å². The molecule has 1 heterocycles. The van der Waals surface area contributed by atoms with Gasteiger partial charge in [0.05, 0.1) is 10.2 Å². The first-order valence-corrected chi connectivity index (χ1v) is 7.02. The smallest absolute Gasteiger partial charge is 0.251 e. The first-order chi connectivity index (χ1) is 9.76. The van der Waals surface area contributed by atoms with E-state index in [-0.39, 0.29) is 5.91 Å². The molecule has 1 amide bonds. The zero-order valence-corrected chi connectivity index (χ0v) is 11.7. The highest BCUT2D eigenvalue weighted by molar-refractivity contribution is 7.22. The van der Waals surface area contributed by atoms with Crippen LogP contribution in [0.4, 0.5) is 10.8 Å². The van der Waals surface area contributed by atoms with E-state index in [1.54, 1.807) is 30.5 Å². The normalized spacial score (nSPS) is 10.4. The van der Waals surface area contributed by atoms with Crippen LogP contribution in [-0.4, -0.2) is 17.9 Å². The fraction of sp³-hybridized carbons (Fsp3) is 0.0667. The van der Waals surface area contributed by atoms with Gasteiger partial charge in [-0.05, 0) is 36.4 Å². The number of anilines is 2. The first kappa shape index (κ1) is 12.6. The number of carbonyl (C=O) groups excluding carboxylic acids is 1. The second-order valence-corrected chi connectivity index (χ2v) is 5.30. The molecule has 0 saturated heterocycles. The summed E-state index contributed by atoms with van der Waals surface area (Å²) in [4.78, 5) is 16.0. The first-order valence-electron chi connectivity index (χ1n) is 6.21. The molecule has 0 atom stereocenters. The summed E-state index contributed by atoms with van der Waals surface area (Å²) in [5, 5.41) is 6.70. The van der Waals surface area contributed by atoms with Crippen LogP contribution < -0.4 is 10.6 Å². The number of rotatable bonds is 3. The molecule has 0 aliphatic rings. The van der Waals surface area contributed by atoms with E-state index < -0.39 is 0 Å². The quantitative estimate of drug-likeness (QED) is 0.774. The number of benzene rings is 2. The molecule has 20 heavy (non-hydrogen) atoms. The highest BCUT2D eigenvalue weighted by atomic mass is 32.1. The van der Waals surface area contributed by atoms with Crippen molar-refractivity contribution in [2.45, 2.75) is 0 Å². The number of para-hydroxylation sites is 1. The largest absolute Gasteiger partial charge is 0.355 e. The Bertz CT molecular complexity index is 716. The summed E-state index contributed by atoms with van der Waals surface area (Å²) in [6.07, 6.45) is 0. The lowest BCUT2D eigenvalue weighted by Gasteiger charge is -2.03. The Morgan fingerprint density at radius 2 is 1.85 bits per heavy atom. The fourth-order valence-corrected chi connectivity index (χ4v) is 2.78. The maximum Gasteiger partial charge on any atom is 0.251 e. The van der Waals surface area contributed by atoms with E-state index in [0.29, 0.717) is 5.56 Å². The Morgan fingerprint density at radius 3 is 2.55 bits per heavy atom. The Labute approximate surface area is 120 Å². The molecule has 3 aromatic rings. The number of fused-ring (bicyclic) bond motifs is 1. The van der Waals surface area contributed by atoms with Crippen LogP contribution in [0.2, 0.25) is 0 Å². The fourth-order valence-electron chi connectivity index (χ4n) is 1.90. The minimum absolute atomic E-state index is 0.0865. The molecule has 0 aliphatic heterocycles. The minimum atomic E-state index is -0.0865. The van der Waals surface area contributed by atoms with Crippen molar-refractivity contribution in [3.05, 3.63) is 54.1 Å². The standard InChI is InChI=1S/C15H13N3OS/c1-16-14(19)10-6-8-11(9-7-10)17-15-18-12-4-2-3-5-13(12)20-15/h2-9H,1H3,(H,16,19)(H,17,18). The number of nitrogens with one attached hydrogen (secondary N) is 2. The van der Waals surface area contributed by atoms with Crippen LogP contribution in [0.3, 0.4) is 0 Å². The van der Waals surface area contributed by atoms with Gasteiger partial charge >= 0.3 is 0 Å². The van der Waals surface area contributed by atoms with Gasteiger partial charge in [0.1, 0.15) is 0 Å². The van der Waals surface area contributed by atoms with Gasteiger partial charge in [-0.2, -0.15) is 0 Å². The van der Waals surface area contributed by atoms with E-state index in [2.05, 4.69) is 15.6 Å². The van der Waals surface area contributed by atoms with Crippen molar-refractivity contribution >= 4 is 38.3 Å². The molecule has 4 nitrogen and oxygen atoms in total. The molecule has 100 valence electrons.